The molecule has 1 amide bonds. The molecule has 0 aliphatic carbocycles. The van der Waals surface area contributed by atoms with Gasteiger partial charge in [0.2, 0.25) is 6.04 Å². The van der Waals surface area contributed by atoms with Crippen LogP contribution < -0.4 is 10.2 Å². The minimum absolute atomic E-state index is 0.0556. The molecule has 4 unspecified atom stereocenters. The topological polar surface area (TPSA) is 69.4 Å². The number of likely N-dealkylation sites (N-methyl/N-ethyl adjacent to an activating group) is 1. The number of benzene rings is 1. The lowest BCUT2D eigenvalue weighted by atomic mass is 10.0. The minimum atomic E-state index is -0.543. The van der Waals surface area contributed by atoms with E-state index in [2.05, 4.69) is 0 Å². The van der Waals surface area contributed by atoms with Crippen LogP contribution in [0.3, 0.4) is 0 Å². The van der Waals surface area contributed by atoms with Crippen molar-refractivity contribution in [2.24, 2.45) is 5.73 Å². The normalized spacial score (nSPS) is 31.6. The number of hydrogen-bond acceptors (Lipinski definition) is 4. The maximum Gasteiger partial charge on any atom is 0.368 e. The van der Waals surface area contributed by atoms with E-state index in [4.69, 9.17) is 10.3 Å². The Bertz CT molecular complexity index is 604. The molecule has 0 saturated heterocycles. The van der Waals surface area contributed by atoms with E-state index in [1.165, 1.54) is 0 Å². The highest BCUT2D eigenvalue weighted by molar-refractivity contribution is 7.10. The molecule has 2 heterocycles. The molecular weight excluding hydrogens is 275 g/mol. The second kappa shape index (κ2) is 4.62. The lowest BCUT2D eigenvalue weighted by Gasteiger charge is -2.33. The molecule has 5 nitrogen and oxygen atoms in total. The summed E-state index contributed by atoms with van der Waals surface area (Å²) in [6.07, 6.45) is 1.91. The molecule has 1 aromatic rings. The molecule has 1 aromatic carbocycles. The van der Waals surface area contributed by atoms with Gasteiger partial charge in [-0.15, -0.1) is 0 Å². The third-order valence-electron chi connectivity index (χ3n) is 4.59. The fraction of sp³-hybridized carbons (Fsp3) is 0.429. The van der Waals surface area contributed by atoms with E-state index in [0.29, 0.717) is 12.8 Å². The van der Waals surface area contributed by atoms with Crippen LogP contribution in [0, 0.1) is 0 Å². The van der Waals surface area contributed by atoms with Gasteiger partial charge in [-0.05, 0) is 12.8 Å². The fourth-order valence-corrected chi connectivity index (χ4v) is 3.73. The van der Waals surface area contributed by atoms with Crippen molar-refractivity contribution in [1.82, 2.24) is 4.48 Å². The summed E-state index contributed by atoms with van der Waals surface area (Å²) in [7, 11) is 3.76. The van der Waals surface area contributed by atoms with Gasteiger partial charge in [-0.1, -0.05) is 18.2 Å². The van der Waals surface area contributed by atoms with Gasteiger partial charge < -0.3 is 10.3 Å². The van der Waals surface area contributed by atoms with Gasteiger partial charge in [0.15, 0.2) is 0 Å². The molecule has 0 fully saturated rings. The van der Waals surface area contributed by atoms with Gasteiger partial charge in [0, 0.05) is 17.5 Å². The zero-order valence-electron chi connectivity index (χ0n) is 11.3. The Morgan fingerprint density at radius 1 is 1.45 bits per heavy atom. The van der Waals surface area contributed by atoms with E-state index in [9.17, 15) is 9.59 Å². The second-order valence-corrected chi connectivity index (χ2v) is 5.88. The molecule has 20 heavy (non-hydrogen) atoms. The van der Waals surface area contributed by atoms with E-state index in [0.717, 1.165) is 23.2 Å². The fourth-order valence-electron chi connectivity index (χ4n) is 3.57. The summed E-state index contributed by atoms with van der Waals surface area (Å²) >= 11 is 0. The molecule has 0 aromatic heterocycles. The highest BCUT2D eigenvalue weighted by Gasteiger charge is 2.56. The summed E-state index contributed by atoms with van der Waals surface area (Å²) < 4.78 is 4.76. The van der Waals surface area contributed by atoms with Crippen LogP contribution in [0.2, 0.25) is 0 Å². The van der Waals surface area contributed by atoms with Crippen LogP contribution in [-0.2, 0) is 27.0 Å². The quantitative estimate of drug-likeness (QED) is 0.611. The average molecular weight is 293 g/mol. The van der Waals surface area contributed by atoms with Crippen molar-refractivity contribution in [3.8, 4) is 0 Å². The Labute approximate surface area is 120 Å². The molecule has 4 atom stereocenters. The van der Waals surface area contributed by atoms with Gasteiger partial charge in [0.1, 0.15) is 11.7 Å². The summed E-state index contributed by atoms with van der Waals surface area (Å²) in [4.78, 5) is 24.9. The second-order valence-electron chi connectivity index (χ2n) is 5.64. The number of nitrogens with two attached hydrogens (primary N) is 1. The first-order chi connectivity index (χ1) is 9.50. The largest absolute Gasteiger partial charge is 0.447 e. The number of amides is 1. The van der Waals surface area contributed by atoms with Gasteiger partial charge >= 0.3 is 11.9 Å². The zero-order chi connectivity index (χ0) is 14.5. The van der Waals surface area contributed by atoms with Crippen LogP contribution >= 0.6 is 9.47 Å². The predicted molar refractivity (Wildman–Crippen MR) is 78.8 cm³/mol. The van der Waals surface area contributed by atoms with E-state index in [1.54, 1.807) is 7.05 Å². The number of rotatable bonds is 1. The van der Waals surface area contributed by atoms with E-state index >= 15 is 0 Å². The third-order valence-corrected chi connectivity index (χ3v) is 4.82. The van der Waals surface area contributed by atoms with E-state index in [-0.39, 0.29) is 16.4 Å². The molecule has 2 aliphatic rings. The first kappa shape index (κ1) is 13.7. The smallest absolute Gasteiger partial charge is 0.368 e. The number of hydrogen-bond donors (Lipinski definition) is 1. The number of quaternary nitrogens is 1. The van der Waals surface area contributed by atoms with E-state index in [1.807, 2.05) is 27.7 Å². The van der Waals surface area contributed by atoms with Crippen LogP contribution in [-0.4, -0.2) is 31.0 Å². The van der Waals surface area contributed by atoms with Gasteiger partial charge in [-0.2, -0.15) is 0 Å². The monoisotopic (exact) mass is 293 g/mol. The Morgan fingerprint density at radius 3 is 2.85 bits per heavy atom. The first-order valence-electron chi connectivity index (χ1n) is 6.68. The summed E-state index contributed by atoms with van der Waals surface area (Å²) in [5.41, 5.74) is 9.13. The minimum Gasteiger partial charge on any atom is -0.447 e. The Balaban J connectivity index is 2.23. The Kier molecular flexibility index (Phi) is 3.16. The van der Waals surface area contributed by atoms with Crippen LogP contribution in [0.4, 0.5) is 5.69 Å². The number of aryl methyl sites for hydroxylation is 1. The maximum absolute atomic E-state index is 12.8. The molecule has 0 bridgehead atoms. The van der Waals surface area contributed by atoms with Crippen molar-refractivity contribution >= 4 is 27.0 Å². The van der Waals surface area contributed by atoms with Crippen LogP contribution in [0.1, 0.15) is 17.5 Å². The summed E-state index contributed by atoms with van der Waals surface area (Å²) in [5.74, 6) is -0.490. The molecule has 0 radical (unpaired) electrons. The van der Waals surface area contributed by atoms with Crippen molar-refractivity contribution in [3.63, 3.8) is 0 Å². The van der Waals surface area contributed by atoms with E-state index < -0.39 is 12.1 Å². The Morgan fingerprint density at radius 2 is 2.15 bits per heavy atom. The van der Waals surface area contributed by atoms with Crippen LogP contribution in [0.5, 0.6) is 0 Å². The van der Waals surface area contributed by atoms with Crippen molar-refractivity contribution in [2.45, 2.75) is 31.3 Å². The third kappa shape index (κ3) is 1.67. The van der Waals surface area contributed by atoms with Crippen LogP contribution in [0.15, 0.2) is 18.2 Å². The number of carbonyl (C=O) groups excluding carboxylic acids is 2. The van der Waals surface area contributed by atoms with Crippen molar-refractivity contribution in [2.75, 3.05) is 7.05 Å². The molecular formula is C14H18N2O3P+. The van der Waals surface area contributed by atoms with Gasteiger partial charge in [0.25, 0.3) is 0 Å². The standard InChI is InChI=1S/C14H18N2O3P/c1-16-11(14(18)19-20)7-9-4-2-3-8(12(9)16)5-6-10(15)13(16)17/h2-4,10-11H,5-7,15,20H2,1H3/q+1. The number of para-hydroxylation sites is 1. The summed E-state index contributed by atoms with van der Waals surface area (Å²) in [6, 6.07) is 4.90. The summed E-state index contributed by atoms with van der Waals surface area (Å²) in [5, 5.41) is 0. The SMILES string of the molecule is C[N+]12C(=O)C(N)CCc3cccc(c31)CC2C(=O)OP. The Hall–Kier alpha value is -1.29. The molecule has 106 valence electrons. The average Bonchev–Trinajstić information content (AvgIpc) is 2.73. The van der Waals surface area contributed by atoms with Gasteiger partial charge in [-0.25, -0.2) is 14.1 Å². The van der Waals surface area contributed by atoms with Crippen molar-refractivity contribution in [1.29, 1.82) is 0 Å². The highest BCUT2D eigenvalue weighted by atomic mass is 31.0. The molecule has 2 aliphatic heterocycles. The molecule has 2 N–H and O–H groups in total. The zero-order valence-corrected chi connectivity index (χ0v) is 12.5. The first-order valence-corrected chi connectivity index (χ1v) is 7.15. The van der Waals surface area contributed by atoms with Crippen molar-refractivity contribution < 1.29 is 14.1 Å². The lowest BCUT2D eigenvalue weighted by molar-refractivity contribution is -0.145. The van der Waals surface area contributed by atoms with Crippen LogP contribution in [0.25, 0.3) is 0 Å². The maximum atomic E-state index is 12.8. The van der Waals surface area contributed by atoms with Gasteiger partial charge in [0.05, 0.1) is 16.5 Å². The lowest BCUT2D eigenvalue weighted by Crippen LogP contribution is -2.63. The number of nitrogens with zero attached hydrogens (tertiary/aromatic N) is 1. The predicted octanol–water partition coefficient (Wildman–Crippen LogP) is 0.682. The highest BCUT2D eigenvalue weighted by Crippen LogP contribution is 2.43. The number of carbonyl (C=O) groups is 2. The van der Waals surface area contributed by atoms with Crippen molar-refractivity contribution in [3.05, 3.63) is 29.3 Å². The molecule has 0 saturated carbocycles. The van der Waals surface area contributed by atoms with Gasteiger partial charge in [-0.3, -0.25) is 0 Å². The molecule has 0 spiro atoms. The summed E-state index contributed by atoms with van der Waals surface area (Å²) in [6.45, 7) is 0. The molecule has 3 rings (SSSR count). The molecule has 6 heteroatoms.